The molecule has 6 heteroatoms. The predicted molar refractivity (Wildman–Crippen MR) is 96.9 cm³/mol. The van der Waals surface area contributed by atoms with Gasteiger partial charge in [0.15, 0.2) is 0 Å². The van der Waals surface area contributed by atoms with Crippen LogP contribution in [0.15, 0.2) is 36.4 Å². The summed E-state index contributed by atoms with van der Waals surface area (Å²) in [5.41, 5.74) is 3.12. The van der Waals surface area contributed by atoms with Crippen LogP contribution in [0.4, 0.5) is 11.4 Å². The van der Waals surface area contributed by atoms with E-state index in [4.69, 9.17) is 23.2 Å². The van der Waals surface area contributed by atoms with Gasteiger partial charge in [0.2, 0.25) is 5.91 Å². The molecule has 0 aliphatic carbocycles. The van der Waals surface area contributed by atoms with Crippen molar-refractivity contribution in [2.24, 2.45) is 0 Å². The van der Waals surface area contributed by atoms with Crippen LogP contribution >= 0.6 is 23.2 Å². The molecule has 1 heterocycles. The van der Waals surface area contributed by atoms with Crippen LogP contribution < -0.4 is 10.2 Å². The fourth-order valence-corrected chi connectivity index (χ4v) is 3.13. The summed E-state index contributed by atoms with van der Waals surface area (Å²) in [6.07, 6.45) is 0.0784. The van der Waals surface area contributed by atoms with Gasteiger partial charge in [-0.05, 0) is 43.2 Å². The van der Waals surface area contributed by atoms with Crippen LogP contribution in [0, 0.1) is 13.8 Å². The highest BCUT2D eigenvalue weighted by atomic mass is 35.5. The van der Waals surface area contributed by atoms with Gasteiger partial charge in [-0.1, -0.05) is 41.4 Å². The van der Waals surface area contributed by atoms with Gasteiger partial charge in [0.25, 0.3) is 5.91 Å². The first kappa shape index (κ1) is 16.8. The van der Waals surface area contributed by atoms with Gasteiger partial charge in [0.05, 0.1) is 27.8 Å². The van der Waals surface area contributed by atoms with Gasteiger partial charge in [-0.2, -0.15) is 0 Å². The first-order valence-corrected chi connectivity index (χ1v) is 8.29. The summed E-state index contributed by atoms with van der Waals surface area (Å²) in [4.78, 5) is 26.4. The van der Waals surface area contributed by atoms with E-state index in [9.17, 15) is 9.59 Å². The maximum absolute atomic E-state index is 12.7. The second kappa shape index (κ2) is 6.46. The van der Waals surface area contributed by atoms with Crippen LogP contribution in [0.1, 0.15) is 17.5 Å². The Balaban J connectivity index is 1.89. The van der Waals surface area contributed by atoms with Crippen molar-refractivity contribution in [3.63, 3.8) is 0 Å². The minimum atomic E-state index is -0.659. The van der Waals surface area contributed by atoms with Crippen molar-refractivity contribution in [1.82, 2.24) is 0 Å². The Morgan fingerprint density at radius 1 is 1.08 bits per heavy atom. The van der Waals surface area contributed by atoms with Crippen LogP contribution in [-0.2, 0) is 9.59 Å². The van der Waals surface area contributed by atoms with Gasteiger partial charge in [0, 0.05) is 0 Å². The Kier molecular flexibility index (Phi) is 4.52. The summed E-state index contributed by atoms with van der Waals surface area (Å²) in [5, 5.41) is 3.77. The second-order valence-corrected chi connectivity index (χ2v) is 6.57. The molecule has 0 saturated carbocycles. The third-order valence-corrected chi connectivity index (χ3v) is 5.06. The van der Waals surface area contributed by atoms with E-state index >= 15 is 0 Å². The molecular formula is C18H16Cl2N2O2. The molecule has 2 amide bonds. The topological polar surface area (TPSA) is 49.4 Å². The molecule has 1 saturated heterocycles. The maximum Gasteiger partial charge on any atom is 0.256 e. The van der Waals surface area contributed by atoms with Crippen LogP contribution in [0.3, 0.4) is 0 Å². The number of rotatable bonds is 3. The third kappa shape index (κ3) is 2.87. The van der Waals surface area contributed by atoms with Crippen molar-refractivity contribution in [3.05, 3.63) is 57.6 Å². The molecule has 1 fully saturated rings. The zero-order valence-electron chi connectivity index (χ0n) is 13.3. The first-order valence-electron chi connectivity index (χ1n) is 7.53. The number of anilines is 2. The lowest BCUT2D eigenvalue weighted by Crippen LogP contribution is -2.35. The van der Waals surface area contributed by atoms with Gasteiger partial charge in [-0.25, -0.2) is 4.90 Å². The van der Waals surface area contributed by atoms with E-state index in [2.05, 4.69) is 5.32 Å². The van der Waals surface area contributed by atoms with Gasteiger partial charge >= 0.3 is 0 Å². The zero-order valence-corrected chi connectivity index (χ0v) is 14.8. The van der Waals surface area contributed by atoms with Crippen molar-refractivity contribution >= 4 is 46.4 Å². The van der Waals surface area contributed by atoms with Crippen molar-refractivity contribution in [3.8, 4) is 0 Å². The quantitative estimate of drug-likeness (QED) is 0.825. The number of carbonyl (C=O) groups is 2. The van der Waals surface area contributed by atoms with E-state index in [1.807, 2.05) is 26.0 Å². The summed E-state index contributed by atoms with van der Waals surface area (Å²) < 4.78 is 0. The Labute approximate surface area is 150 Å². The molecule has 0 radical (unpaired) electrons. The smallest absolute Gasteiger partial charge is 0.256 e. The Bertz CT molecular complexity index is 836. The lowest BCUT2D eigenvalue weighted by Gasteiger charge is -2.19. The molecule has 0 bridgehead atoms. The fourth-order valence-electron chi connectivity index (χ4n) is 2.78. The molecule has 0 aromatic heterocycles. The number of imide groups is 1. The minimum absolute atomic E-state index is 0.0784. The standard InChI is InChI=1S/C18H16Cl2N2O2/c1-10-5-3-8-15(11(10)2)22-16(23)9-14(18(22)24)21-13-7-4-6-12(19)17(13)20/h3-8,14,21H,9H2,1-2H3/t14-/m0/s1. The number of halogens is 2. The maximum atomic E-state index is 12.7. The fraction of sp³-hybridized carbons (Fsp3) is 0.222. The lowest BCUT2D eigenvalue weighted by molar-refractivity contribution is -0.121. The molecule has 24 heavy (non-hydrogen) atoms. The number of benzene rings is 2. The van der Waals surface area contributed by atoms with E-state index in [1.165, 1.54) is 4.90 Å². The highest BCUT2D eigenvalue weighted by Gasteiger charge is 2.40. The van der Waals surface area contributed by atoms with Crippen molar-refractivity contribution in [2.75, 3.05) is 10.2 Å². The normalized spacial score (nSPS) is 17.5. The molecule has 0 unspecified atom stereocenters. The average Bonchev–Trinajstić information content (AvgIpc) is 2.81. The number of aryl methyl sites for hydroxylation is 1. The van der Waals surface area contributed by atoms with Crippen LogP contribution in [0.5, 0.6) is 0 Å². The summed E-state index contributed by atoms with van der Waals surface area (Å²) in [7, 11) is 0. The third-order valence-electron chi connectivity index (χ3n) is 4.24. The molecule has 2 aromatic carbocycles. The second-order valence-electron chi connectivity index (χ2n) is 5.79. The van der Waals surface area contributed by atoms with Crippen LogP contribution in [-0.4, -0.2) is 17.9 Å². The summed E-state index contributed by atoms with van der Waals surface area (Å²) in [6.45, 7) is 3.85. The monoisotopic (exact) mass is 362 g/mol. The van der Waals surface area contributed by atoms with E-state index < -0.39 is 6.04 Å². The number of nitrogens with one attached hydrogen (secondary N) is 1. The Morgan fingerprint density at radius 2 is 1.79 bits per heavy atom. The van der Waals surface area contributed by atoms with E-state index in [-0.39, 0.29) is 18.2 Å². The highest BCUT2D eigenvalue weighted by molar-refractivity contribution is 6.43. The van der Waals surface area contributed by atoms with E-state index in [0.29, 0.717) is 21.4 Å². The lowest BCUT2D eigenvalue weighted by atomic mass is 10.1. The van der Waals surface area contributed by atoms with E-state index in [1.54, 1.807) is 24.3 Å². The number of nitrogens with zero attached hydrogens (tertiary/aromatic N) is 1. The Morgan fingerprint density at radius 3 is 2.54 bits per heavy atom. The van der Waals surface area contributed by atoms with Crippen molar-refractivity contribution in [1.29, 1.82) is 0 Å². The summed E-state index contributed by atoms with van der Waals surface area (Å²) in [5.74, 6) is -0.519. The zero-order chi connectivity index (χ0) is 17.4. The summed E-state index contributed by atoms with van der Waals surface area (Å²) >= 11 is 12.1. The van der Waals surface area contributed by atoms with E-state index in [0.717, 1.165) is 11.1 Å². The van der Waals surface area contributed by atoms with Gasteiger partial charge in [-0.3, -0.25) is 9.59 Å². The number of hydrogen-bond donors (Lipinski definition) is 1. The predicted octanol–water partition coefficient (Wildman–Crippen LogP) is 4.35. The first-order chi connectivity index (χ1) is 11.4. The van der Waals surface area contributed by atoms with Gasteiger partial charge in [0.1, 0.15) is 6.04 Å². The highest BCUT2D eigenvalue weighted by Crippen LogP contribution is 2.33. The number of carbonyl (C=O) groups excluding carboxylic acids is 2. The Hall–Kier alpha value is -2.04. The molecule has 3 rings (SSSR count). The van der Waals surface area contributed by atoms with Gasteiger partial charge in [-0.15, -0.1) is 0 Å². The minimum Gasteiger partial charge on any atom is -0.372 e. The molecule has 1 atom stereocenters. The van der Waals surface area contributed by atoms with Crippen LogP contribution in [0.2, 0.25) is 10.0 Å². The van der Waals surface area contributed by atoms with Crippen LogP contribution in [0.25, 0.3) is 0 Å². The molecule has 0 spiro atoms. The molecule has 1 aliphatic heterocycles. The van der Waals surface area contributed by atoms with Crippen molar-refractivity contribution in [2.45, 2.75) is 26.3 Å². The number of amides is 2. The molecule has 2 aromatic rings. The molecule has 124 valence electrons. The SMILES string of the molecule is Cc1cccc(N2C(=O)C[C@H](Nc3cccc(Cl)c3Cl)C2=O)c1C. The largest absolute Gasteiger partial charge is 0.372 e. The molecule has 1 aliphatic rings. The molecule has 4 nitrogen and oxygen atoms in total. The van der Waals surface area contributed by atoms with Gasteiger partial charge < -0.3 is 5.32 Å². The van der Waals surface area contributed by atoms with Crippen molar-refractivity contribution < 1.29 is 9.59 Å². The summed E-state index contributed by atoms with van der Waals surface area (Å²) in [6, 6.07) is 10.0. The average molecular weight is 363 g/mol. The molecular weight excluding hydrogens is 347 g/mol. The molecule has 1 N–H and O–H groups in total. The number of hydrogen-bond acceptors (Lipinski definition) is 3.